The number of ether oxygens (including phenoxy) is 3. The number of amides is 1. The van der Waals surface area contributed by atoms with E-state index in [4.69, 9.17) is 14.2 Å². The Kier molecular flexibility index (Phi) is 6.50. The summed E-state index contributed by atoms with van der Waals surface area (Å²) >= 11 is 0. The number of hydrogen-bond acceptors (Lipinski definition) is 7. The van der Waals surface area contributed by atoms with Gasteiger partial charge in [-0.25, -0.2) is 13.8 Å². The van der Waals surface area contributed by atoms with Crippen LogP contribution in [0.2, 0.25) is 0 Å². The van der Waals surface area contributed by atoms with Gasteiger partial charge in [0.25, 0.3) is 5.92 Å². The number of nitrogens with one attached hydrogen (secondary N) is 1. The Labute approximate surface area is 214 Å². The molecule has 2 aromatic rings. The summed E-state index contributed by atoms with van der Waals surface area (Å²) in [7, 11) is 0. The van der Waals surface area contributed by atoms with Crippen LogP contribution < -0.4 is 15.1 Å². The van der Waals surface area contributed by atoms with Crippen molar-refractivity contribution in [3.63, 3.8) is 0 Å². The van der Waals surface area contributed by atoms with Gasteiger partial charge in [0.05, 0.1) is 43.3 Å². The zero-order valence-electron chi connectivity index (χ0n) is 20.9. The molecule has 2 saturated heterocycles. The van der Waals surface area contributed by atoms with Gasteiger partial charge >= 0.3 is 0 Å². The van der Waals surface area contributed by atoms with Crippen molar-refractivity contribution in [3.05, 3.63) is 42.1 Å². The Morgan fingerprint density at radius 1 is 1.22 bits per heavy atom. The zero-order valence-corrected chi connectivity index (χ0v) is 20.9. The number of nitrogens with zero attached hydrogens (tertiary/aromatic N) is 3. The molecule has 2 unspecified atom stereocenters. The van der Waals surface area contributed by atoms with E-state index in [0.717, 1.165) is 16.9 Å². The normalized spacial score (nSPS) is 28.5. The lowest BCUT2D eigenvalue weighted by Gasteiger charge is -2.42. The number of hydrogen-bond donors (Lipinski definition) is 1. The molecule has 1 N–H and O–H groups in total. The van der Waals surface area contributed by atoms with Gasteiger partial charge in [0.1, 0.15) is 11.9 Å². The van der Waals surface area contributed by atoms with E-state index in [1.807, 2.05) is 30.3 Å². The molecule has 0 spiro atoms. The van der Waals surface area contributed by atoms with Crippen LogP contribution in [0.3, 0.4) is 0 Å². The van der Waals surface area contributed by atoms with Gasteiger partial charge in [0.2, 0.25) is 5.91 Å². The van der Waals surface area contributed by atoms with E-state index >= 15 is 0 Å². The summed E-state index contributed by atoms with van der Waals surface area (Å²) in [6, 6.07) is 9.67. The third kappa shape index (κ3) is 4.78. The minimum atomic E-state index is -3.05. The molecule has 0 radical (unpaired) electrons. The average Bonchev–Trinajstić information content (AvgIpc) is 3.05. The summed E-state index contributed by atoms with van der Waals surface area (Å²) in [6.45, 7) is 4.69. The number of carbonyl (C=O) groups is 1. The van der Waals surface area contributed by atoms with Crippen molar-refractivity contribution in [1.82, 2.24) is 4.98 Å². The maximum Gasteiger partial charge on any atom is 0.274 e. The summed E-state index contributed by atoms with van der Waals surface area (Å²) in [5.41, 5.74) is 3.19. The first-order valence-electron chi connectivity index (χ1n) is 13.0. The predicted molar refractivity (Wildman–Crippen MR) is 135 cm³/mol. The number of anilines is 4. The zero-order chi connectivity index (χ0) is 25.6. The number of pyridine rings is 1. The first-order valence-corrected chi connectivity index (χ1v) is 13.0. The predicted octanol–water partition coefficient (Wildman–Crippen LogP) is 4.12. The third-order valence-electron chi connectivity index (χ3n) is 7.70. The quantitative estimate of drug-likeness (QED) is 0.658. The van der Waals surface area contributed by atoms with Crippen LogP contribution in [0.4, 0.5) is 31.7 Å². The number of morpholine rings is 1. The standard InChI is InChI=1S/C27H32F2N4O4/c1-2-36-24-8-5-17(11-27(24,28)29)26(34)33-12-18-4-3-9-30-25(18)31-22-7-6-19(10-23(22)33)32-13-20-15-35-16-21(14-32)37-20/h3-4,6-7,9-10,17,20-21,24H,2,5,8,11-16H2,1H3,(H,30,31)/t17-,20?,21?,24-/m0/s1. The molecule has 2 bridgehead atoms. The molecular weight excluding hydrogens is 482 g/mol. The highest BCUT2D eigenvalue weighted by atomic mass is 19.3. The Bertz CT molecular complexity index is 1150. The first-order chi connectivity index (χ1) is 17.9. The maximum absolute atomic E-state index is 14.9. The molecule has 4 aliphatic rings. The molecular formula is C27H32F2N4O4. The fourth-order valence-electron chi connectivity index (χ4n) is 5.92. The number of carbonyl (C=O) groups excluding carboxylic acids is 1. The fourth-order valence-corrected chi connectivity index (χ4v) is 5.92. The van der Waals surface area contributed by atoms with E-state index < -0.39 is 24.4 Å². The molecule has 1 aromatic heterocycles. The second-order valence-electron chi connectivity index (χ2n) is 10.3. The second-order valence-corrected chi connectivity index (χ2v) is 10.3. The smallest absolute Gasteiger partial charge is 0.274 e. The Balaban J connectivity index is 1.33. The van der Waals surface area contributed by atoms with Gasteiger partial charge in [-0.3, -0.25) is 4.79 Å². The van der Waals surface area contributed by atoms with Crippen LogP contribution in [-0.4, -0.2) is 68.0 Å². The van der Waals surface area contributed by atoms with Gasteiger partial charge in [-0.2, -0.15) is 0 Å². The Morgan fingerprint density at radius 2 is 2.03 bits per heavy atom. The number of rotatable bonds is 4. The van der Waals surface area contributed by atoms with Gasteiger partial charge in [0.15, 0.2) is 0 Å². The number of halogens is 2. The largest absolute Gasteiger partial charge is 0.376 e. The number of aromatic nitrogens is 1. The van der Waals surface area contributed by atoms with Gasteiger partial charge < -0.3 is 29.3 Å². The topological polar surface area (TPSA) is 76.2 Å². The first kappa shape index (κ1) is 24.5. The van der Waals surface area contributed by atoms with Crippen molar-refractivity contribution in [2.75, 3.05) is 48.0 Å². The molecule has 1 aromatic carbocycles. The molecule has 37 heavy (non-hydrogen) atoms. The minimum Gasteiger partial charge on any atom is -0.376 e. The van der Waals surface area contributed by atoms with Crippen LogP contribution in [-0.2, 0) is 25.5 Å². The van der Waals surface area contributed by atoms with Crippen molar-refractivity contribution in [2.24, 2.45) is 5.92 Å². The Hall–Kier alpha value is -2.82. The van der Waals surface area contributed by atoms with Crippen LogP contribution >= 0.6 is 0 Å². The van der Waals surface area contributed by atoms with Crippen LogP contribution in [0.25, 0.3) is 0 Å². The molecule has 3 aliphatic heterocycles. The molecule has 3 fully saturated rings. The van der Waals surface area contributed by atoms with E-state index in [1.165, 1.54) is 0 Å². The van der Waals surface area contributed by atoms with Crippen LogP contribution in [0.15, 0.2) is 36.5 Å². The summed E-state index contributed by atoms with van der Waals surface area (Å²) in [4.78, 5) is 22.3. The summed E-state index contributed by atoms with van der Waals surface area (Å²) in [5.74, 6) is -3.47. The van der Waals surface area contributed by atoms with Crippen molar-refractivity contribution >= 4 is 28.8 Å². The summed E-state index contributed by atoms with van der Waals surface area (Å²) in [5, 5.41) is 3.36. The SMILES string of the molecule is CCO[C@H]1CC[C@H](C(=O)N2Cc3cccnc3Nc3ccc(N4CC5COCC(C4)O5)cc32)CC1(F)F. The van der Waals surface area contributed by atoms with Gasteiger partial charge in [-0.15, -0.1) is 0 Å². The highest BCUT2D eigenvalue weighted by Gasteiger charge is 2.49. The van der Waals surface area contributed by atoms with E-state index in [1.54, 1.807) is 18.0 Å². The molecule has 6 rings (SSSR count). The molecule has 198 valence electrons. The summed E-state index contributed by atoms with van der Waals surface area (Å²) < 4.78 is 46.8. The molecule has 8 nitrogen and oxygen atoms in total. The van der Waals surface area contributed by atoms with Crippen molar-refractivity contribution in [1.29, 1.82) is 0 Å². The fraction of sp³-hybridized carbons (Fsp3) is 0.556. The number of alkyl halides is 2. The van der Waals surface area contributed by atoms with Crippen molar-refractivity contribution in [2.45, 2.75) is 57.0 Å². The molecule has 4 atom stereocenters. The summed E-state index contributed by atoms with van der Waals surface area (Å²) in [6.07, 6.45) is 0.569. The lowest BCUT2D eigenvalue weighted by molar-refractivity contribution is -0.170. The molecule has 1 amide bonds. The number of fused-ring (bicyclic) bond motifs is 4. The third-order valence-corrected chi connectivity index (χ3v) is 7.70. The van der Waals surface area contributed by atoms with E-state index in [0.29, 0.717) is 44.2 Å². The van der Waals surface area contributed by atoms with Gasteiger partial charge in [-0.05, 0) is 44.0 Å². The van der Waals surface area contributed by atoms with E-state index in [9.17, 15) is 13.6 Å². The average molecular weight is 515 g/mol. The molecule has 1 saturated carbocycles. The highest BCUT2D eigenvalue weighted by molar-refractivity contribution is 6.00. The molecule has 4 heterocycles. The van der Waals surface area contributed by atoms with Crippen LogP contribution in [0, 0.1) is 5.92 Å². The lowest BCUT2D eigenvalue weighted by atomic mass is 9.83. The van der Waals surface area contributed by atoms with Crippen LogP contribution in [0.1, 0.15) is 31.7 Å². The van der Waals surface area contributed by atoms with Gasteiger partial charge in [-0.1, -0.05) is 6.07 Å². The molecule has 10 heteroatoms. The van der Waals surface area contributed by atoms with Crippen LogP contribution in [0.5, 0.6) is 0 Å². The highest BCUT2D eigenvalue weighted by Crippen LogP contribution is 2.43. The number of benzene rings is 1. The van der Waals surface area contributed by atoms with Crippen molar-refractivity contribution in [3.8, 4) is 0 Å². The van der Waals surface area contributed by atoms with Gasteiger partial charge in [0, 0.05) is 49.5 Å². The van der Waals surface area contributed by atoms with Crippen molar-refractivity contribution < 1.29 is 27.8 Å². The lowest BCUT2D eigenvalue weighted by Crippen LogP contribution is -2.54. The van der Waals surface area contributed by atoms with E-state index in [-0.39, 0.29) is 37.7 Å². The molecule has 1 aliphatic carbocycles. The minimum absolute atomic E-state index is 0.00150. The van der Waals surface area contributed by atoms with E-state index in [2.05, 4.69) is 15.2 Å². The maximum atomic E-state index is 14.9. The monoisotopic (exact) mass is 514 g/mol. The Morgan fingerprint density at radius 3 is 2.78 bits per heavy atom. The second kappa shape index (κ2) is 9.81.